The molecule has 0 spiro atoms. The van der Waals surface area contributed by atoms with Crippen LogP contribution in [0.4, 0.5) is 0 Å². The Morgan fingerprint density at radius 1 is 1.44 bits per heavy atom. The largest absolute Gasteiger partial charge is 0.460 e. The topological polar surface area (TPSA) is 86.9 Å². The first-order valence-electron chi connectivity index (χ1n) is 4.83. The van der Waals surface area contributed by atoms with Crippen molar-refractivity contribution in [1.29, 1.82) is 11.1 Å². The molecule has 0 aliphatic carbocycles. The fourth-order valence-electron chi connectivity index (χ4n) is 1.05. The summed E-state index contributed by atoms with van der Waals surface area (Å²) < 4.78 is 5.17. The third kappa shape index (κ3) is 6.64. The van der Waals surface area contributed by atoms with Crippen LogP contribution in [0.5, 0.6) is 0 Å². The number of nitrogens with one attached hydrogen (secondary N) is 2. The Kier molecular flexibility index (Phi) is 5.92. The third-order valence-electron chi connectivity index (χ3n) is 1.49. The van der Waals surface area contributed by atoms with Gasteiger partial charge in [0.25, 0.3) is 0 Å². The summed E-state index contributed by atoms with van der Waals surface area (Å²) in [5, 5.41) is 0. The van der Waals surface area contributed by atoms with Crippen molar-refractivity contribution in [2.24, 2.45) is 0 Å². The van der Waals surface area contributed by atoms with Crippen LogP contribution in [-0.2, 0) is 16.0 Å². The van der Waals surface area contributed by atoms with Gasteiger partial charge >= 0.3 is 5.97 Å². The summed E-state index contributed by atoms with van der Waals surface area (Å²) in [7, 11) is 0. The number of hydrogen-bond donors (Lipinski definition) is 2. The van der Waals surface area contributed by atoms with Crippen molar-refractivity contribution >= 4 is 5.97 Å². The van der Waals surface area contributed by atoms with E-state index in [1.165, 1.54) is 0 Å². The summed E-state index contributed by atoms with van der Waals surface area (Å²) >= 11 is 0. The van der Waals surface area contributed by atoms with Gasteiger partial charge in [0.1, 0.15) is 5.60 Å². The smallest absolute Gasteiger partial charge is 0.310 e. The molecule has 0 aromatic carbocycles. The molecule has 0 amide bonds. The van der Waals surface area contributed by atoms with E-state index in [9.17, 15) is 4.79 Å². The van der Waals surface area contributed by atoms with Crippen LogP contribution < -0.4 is 0 Å². The number of ether oxygens (including phenoxy) is 1. The molecule has 0 bridgehead atoms. The average Bonchev–Trinajstić information content (AvgIpc) is 2.19. The second-order valence-corrected chi connectivity index (χ2v) is 4.12. The minimum absolute atomic E-state index is 0.217. The molecule has 0 radical (unpaired) electrons. The fraction of sp³-hybridized carbons (Fsp3) is 0.455. The summed E-state index contributed by atoms with van der Waals surface area (Å²) in [4.78, 5) is 15.3. The molecule has 1 rings (SSSR count). The molecular weight excluding hydrogens is 206 g/mol. The normalized spacial score (nSPS) is 9.94. The predicted molar refractivity (Wildman–Crippen MR) is 59.2 cm³/mol. The highest BCUT2D eigenvalue weighted by Crippen LogP contribution is 2.09. The van der Waals surface area contributed by atoms with E-state index >= 15 is 0 Å². The maximum atomic E-state index is 11.4. The Morgan fingerprint density at radius 2 is 2.06 bits per heavy atom. The van der Waals surface area contributed by atoms with E-state index < -0.39 is 5.60 Å². The van der Waals surface area contributed by atoms with Crippen LogP contribution in [0.3, 0.4) is 0 Å². The highest BCUT2D eigenvalue weighted by Gasteiger charge is 2.16. The summed E-state index contributed by atoms with van der Waals surface area (Å²) in [6.45, 7) is 5.57. The number of carbonyl (C=O) groups is 1. The van der Waals surface area contributed by atoms with E-state index in [-0.39, 0.29) is 12.4 Å². The lowest BCUT2D eigenvalue weighted by atomic mass is 10.2. The summed E-state index contributed by atoms with van der Waals surface area (Å²) in [5.41, 5.74) is 10.5. The molecule has 5 heteroatoms. The van der Waals surface area contributed by atoms with Gasteiger partial charge in [-0.25, -0.2) is 11.1 Å². The molecule has 0 fully saturated rings. The van der Waals surface area contributed by atoms with Gasteiger partial charge < -0.3 is 4.74 Å². The second-order valence-electron chi connectivity index (χ2n) is 4.12. The van der Waals surface area contributed by atoms with Crippen molar-refractivity contribution in [2.75, 3.05) is 0 Å². The van der Waals surface area contributed by atoms with Gasteiger partial charge in [-0.1, -0.05) is 6.07 Å². The predicted octanol–water partition coefficient (Wildman–Crippen LogP) is 2.56. The number of aromatic nitrogens is 1. The lowest BCUT2D eigenvalue weighted by Gasteiger charge is -2.19. The zero-order valence-electron chi connectivity index (χ0n) is 9.78. The summed E-state index contributed by atoms with van der Waals surface area (Å²) in [5.74, 6) is -0.217. The van der Waals surface area contributed by atoms with Crippen molar-refractivity contribution in [1.82, 2.24) is 4.98 Å². The van der Waals surface area contributed by atoms with Crippen molar-refractivity contribution in [3.05, 3.63) is 30.1 Å². The molecule has 0 saturated carbocycles. The lowest BCUT2D eigenvalue weighted by Crippen LogP contribution is -2.24. The van der Waals surface area contributed by atoms with Crippen molar-refractivity contribution in [3.8, 4) is 0 Å². The van der Waals surface area contributed by atoms with Crippen LogP contribution >= 0.6 is 0 Å². The molecular formula is C11H17N3O2. The van der Waals surface area contributed by atoms with Gasteiger partial charge in [-0.2, -0.15) is 0 Å². The highest BCUT2D eigenvalue weighted by molar-refractivity contribution is 5.72. The van der Waals surface area contributed by atoms with Gasteiger partial charge in [-0.05, 0) is 32.4 Å². The van der Waals surface area contributed by atoms with Crippen molar-refractivity contribution in [2.45, 2.75) is 32.8 Å². The van der Waals surface area contributed by atoms with E-state index in [0.29, 0.717) is 0 Å². The maximum absolute atomic E-state index is 11.4. The van der Waals surface area contributed by atoms with Gasteiger partial charge in [0, 0.05) is 12.4 Å². The number of carbonyl (C=O) groups excluding carboxylic acids is 1. The van der Waals surface area contributed by atoms with E-state index in [1.807, 2.05) is 26.8 Å². The molecule has 0 aliphatic rings. The number of hydrogen-bond acceptors (Lipinski definition) is 5. The number of rotatable bonds is 2. The van der Waals surface area contributed by atoms with E-state index in [2.05, 4.69) is 4.98 Å². The minimum atomic E-state index is -0.417. The molecule has 0 saturated heterocycles. The Balaban J connectivity index is 0.00000106. The third-order valence-corrected chi connectivity index (χ3v) is 1.49. The van der Waals surface area contributed by atoms with Crippen LogP contribution in [0, 0.1) is 11.1 Å². The molecule has 1 aromatic rings. The Hall–Kier alpha value is -1.78. The van der Waals surface area contributed by atoms with E-state index in [1.54, 1.807) is 18.5 Å². The Bertz CT molecular complexity index is 320. The molecule has 0 unspecified atom stereocenters. The number of nitrogens with zero attached hydrogens (tertiary/aromatic N) is 1. The molecule has 1 aromatic heterocycles. The SMILES string of the molecule is CC(C)(C)OC(=O)Cc1cccnc1.N=N. The van der Waals surface area contributed by atoms with Crippen LogP contribution in [0.25, 0.3) is 0 Å². The first kappa shape index (κ1) is 14.2. The molecule has 0 aliphatic heterocycles. The molecule has 16 heavy (non-hydrogen) atoms. The Morgan fingerprint density at radius 3 is 2.50 bits per heavy atom. The summed E-state index contributed by atoms with van der Waals surface area (Å²) in [6, 6.07) is 3.66. The average molecular weight is 223 g/mol. The Labute approximate surface area is 95.1 Å². The standard InChI is InChI=1S/C11H15NO2.H2N2/c1-11(2,3)14-10(13)7-9-5-4-6-12-8-9;1-2/h4-6,8H,7H2,1-3H3;1-2H. The van der Waals surface area contributed by atoms with Gasteiger partial charge in [0.2, 0.25) is 0 Å². The van der Waals surface area contributed by atoms with Crippen LogP contribution in [0.1, 0.15) is 26.3 Å². The number of esters is 1. The first-order chi connectivity index (χ1) is 7.47. The van der Waals surface area contributed by atoms with Gasteiger partial charge in [-0.3, -0.25) is 9.78 Å². The second kappa shape index (κ2) is 6.66. The fourth-order valence-corrected chi connectivity index (χ4v) is 1.05. The van der Waals surface area contributed by atoms with Gasteiger partial charge in [-0.15, -0.1) is 0 Å². The molecule has 88 valence electrons. The van der Waals surface area contributed by atoms with Crippen molar-refractivity contribution < 1.29 is 9.53 Å². The quantitative estimate of drug-likeness (QED) is 0.596. The monoisotopic (exact) mass is 223 g/mol. The highest BCUT2D eigenvalue weighted by atomic mass is 16.6. The molecule has 2 N–H and O–H groups in total. The zero-order valence-corrected chi connectivity index (χ0v) is 9.78. The molecule has 1 heterocycles. The van der Waals surface area contributed by atoms with Crippen molar-refractivity contribution in [3.63, 3.8) is 0 Å². The first-order valence-corrected chi connectivity index (χ1v) is 4.83. The zero-order chi connectivity index (χ0) is 12.6. The maximum Gasteiger partial charge on any atom is 0.310 e. The molecule has 5 nitrogen and oxygen atoms in total. The van der Waals surface area contributed by atoms with E-state index in [0.717, 1.165) is 5.56 Å². The minimum Gasteiger partial charge on any atom is -0.460 e. The van der Waals surface area contributed by atoms with Gasteiger partial charge in [0.05, 0.1) is 6.42 Å². The van der Waals surface area contributed by atoms with Gasteiger partial charge in [0.15, 0.2) is 0 Å². The van der Waals surface area contributed by atoms with Crippen LogP contribution in [0.15, 0.2) is 24.5 Å². The van der Waals surface area contributed by atoms with Crippen LogP contribution in [0.2, 0.25) is 0 Å². The lowest BCUT2D eigenvalue weighted by molar-refractivity contribution is -0.153. The molecule has 0 atom stereocenters. The summed E-state index contributed by atoms with van der Waals surface area (Å²) in [6.07, 6.45) is 3.63. The van der Waals surface area contributed by atoms with E-state index in [4.69, 9.17) is 15.8 Å². The van der Waals surface area contributed by atoms with Crippen LogP contribution in [-0.4, -0.2) is 16.6 Å². The number of pyridine rings is 1.